The monoisotopic (exact) mass is 460 g/mol. The van der Waals surface area contributed by atoms with Gasteiger partial charge in [-0.1, -0.05) is 20.3 Å². The van der Waals surface area contributed by atoms with Crippen LogP contribution in [0.5, 0.6) is 5.75 Å². The summed E-state index contributed by atoms with van der Waals surface area (Å²) < 4.78 is 26.8. The lowest BCUT2D eigenvalue weighted by Crippen LogP contribution is -2.21. The van der Waals surface area contributed by atoms with Gasteiger partial charge in [0.15, 0.2) is 0 Å². The molecule has 3 rings (SSSR count). The summed E-state index contributed by atoms with van der Waals surface area (Å²) in [6.45, 7) is 4.85. The molecular weight excluding hydrogens is 434 g/mol. The lowest BCUT2D eigenvalue weighted by Gasteiger charge is -2.21. The summed E-state index contributed by atoms with van der Waals surface area (Å²) in [7, 11) is 0. The Morgan fingerprint density at radius 3 is 2.64 bits per heavy atom. The van der Waals surface area contributed by atoms with E-state index in [4.69, 9.17) is 9.47 Å². The zero-order valence-electron chi connectivity index (χ0n) is 14.9. The molecule has 2 aliphatic rings. The van der Waals surface area contributed by atoms with E-state index in [9.17, 15) is 9.18 Å². The molecule has 3 nitrogen and oxygen atoms in total. The maximum atomic E-state index is 14.7. The van der Waals surface area contributed by atoms with Gasteiger partial charge in [-0.2, -0.15) is 0 Å². The standard InChI is InChI=1S/C20H26FIO3/c1-3-12(2)8-16(20(23)25-14-6-7-14)15-9-19(18(22)10-17(15)21)24-11-13-4-5-13/h9-10,12-14,16H,3-8,11H2,1-2H3. The van der Waals surface area contributed by atoms with Crippen molar-refractivity contribution in [3.8, 4) is 5.75 Å². The van der Waals surface area contributed by atoms with E-state index in [-0.39, 0.29) is 17.9 Å². The van der Waals surface area contributed by atoms with Crippen molar-refractivity contribution in [2.75, 3.05) is 6.61 Å². The third-order valence-electron chi connectivity index (χ3n) is 5.02. The van der Waals surface area contributed by atoms with Crippen LogP contribution in [-0.2, 0) is 9.53 Å². The number of hydrogen-bond acceptors (Lipinski definition) is 3. The van der Waals surface area contributed by atoms with Crippen LogP contribution < -0.4 is 4.74 Å². The van der Waals surface area contributed by atoms with Crippen LogP contribution in [0.3, 0.4) is 0 Å². The van der Waals surface area contributed by atoms with E-state index in [1.54, 1.807) is 6.07 Å². The minimum Gasteiger partial charge on any atom is -0.492 e. The Bertz CT molecular complexity index is 626. The summed E-state index contributed by atoms with van der Waals surface area (Å²) >= 11 is 2.09. The van der Waals surface area contributed by atoms with Gasteiger partial charge in [-0.05, 0) is 78.7 Å². The number of esters is 1. The van der Waals surface area contributed by atoms with E-state index in [0.717, 1.165) is 22.8 Å². The number of carbonyl (C=O) groups is 1. The van der Waals surface area contributed by atoms with Gasteiger partial charge in [-0.15, -0.1) is 0 Å². The summed E-state index contributed by atoms with van der Waals surface area (Å²) in [5.41, 5.74) is 0.414. The molecule has 0 N–H and O–H groups in total. The highest BCUT2D eigenvalue weighted by Gasteiger charge is 2.33. The third kappa shape index (κ3) is 5.31. The normalized spacial score (nSPS) is 19.4. The fourth-order valence-corrected chi connectivity index (χ4v) is 3.35. The SMILES string of the molecule is CCC(C)CC(C(=O)OC1CC1)c1cc(OCC2CC2)c(I)cc1F. The van der Waals surface area contributed by atoms with Crippen molar-refractivity contribution >= 4 is 28.6 Å². The summed E-state index contributed by atoms with van der Waals surface area (Å²) in [5, 5.41) is 0. The van der Waals surface area contributed by atoms with Gasteiger partial charge in [0.25, 0.3) is 0 Å². The summed E-state index contributed by atoms with van der Waals surface area (Å²) in [6.07, 6.45) is 5.83. The zero-order valence-corrected chi connectivity index (χ0v) is 17.1. The van der Waals surface area contributed by atoms with Gasteiger partial charge in [0.2, 0.25) is 0 Å². The van der Waals surface area contributed by atoms with Gasteiger partial charge in [0.05, 0.1) is 16.1 Å². The smallest absolute Gasteiger partial charge is 0.313 e. The first-order chi connectivity index (χ1) is 12.0. The predicted octanol–water partition coefficient (Wildman–Crippen LogP) is 5.44. The first kappa shape index (κ1) is 18.9. The number of rotatable bonds is 9. The van der Waals surface area contributed by atoms with Gasteiger partial charge in [-0.3, -0.25) is 4.79 Å². The van der Waals surface area contributed by atoms with E-state index >= 15 is 0 Å². The minimum atomic E-state index is -0.559. The second-order valence-electron chi connectivity index (χ2n) is 7.50. The molecule has 2 atom stereocenters. The Kier molecular flexibility index (Phi) is 6.23. The van der Waals surface area contributed by atoms with Gasteiger partial charge in [0.1, 0.15) is 17.7 Å². The van der Waals surface area contributed by atoms with Crippen LogP contribution in [0.1, 0.15) is 63.9 Å². The molecule has 0 spiro atoms. The molecule has 0 amide bonds. The highest BCUT2D eigenvalue weighted by Crippen LogP contribution is 2.37. The molecule has 25 heavy (non-hydrogen) atoms. The highest BCUT2D eigenvalue weighted by molar-refractivity contribution is 14.1. The Morgan fingerprint density at radius 2 is 2.04 bits per heavy atom. The average Bonchev–Trinajstić information content (AvgIpc) is 3.47. The second-order valence-corrected chi connectivity index (χ2v) is 8.66. The van der Waals surface area contributed by atoms with E-state index in [0.29, 0.717) is 36.2 Å². The quantitative estimate of drug-likeness (QED) is 0.364. The predicted molar refractivity (Wildman–Crippen MR) is 103 cm³/mol. The minimum absolute atomic E-state index is 0.0319. The molecule has 138 valence electrons. The first-order valence-corrected chi connectivity index (χ1v) is 10.4. The Morgan fingerprint density at radius 1 is 1.32 bits per heavy atom. The number of benzene rings is 1. The van der Waals surface area contributed by atoms with Crippen LogP contribution in [-0.4, -0.2) is 18.7 Å². The van der Waals surface area contributed by atoms with Crippen molar-refractivity contribution in [1.29, 1.82) is 0 Å². The van der Waals surface area contributed by atoms with Crippen LogP contribution in [0.4, 0.5) is 4.39 Å². The van der Waals surface area contributed by atoms with E-state index in [1.807, 2.05) is 0 Å². The van der Waals surface area contributed by atoms with Crippen molar-refractivity contribution in [1.82, 2.24) is 0 Å². The molecule has 0 heterocycles. The highest BCUT2D eigenvalue weighted by atomic mass is 127. The van der Waals surface area contributed by atoms with Crippen molar-refractivity contribution in [2.24, 2.45) is 11.8 Å². The molecule has 0 aromatic heterocycles. The summed E-state index contributed by atoms with van der Waals surface area (Å²) in [5.74, 6) is 0.430. The van der Waals surface area contributed by atoms with Crippen LogP contribution in [0, 0.1) is 21.2 Å². The van der Waals surface area contributed by atoms with Crippen molar-refractivity contribution in [3.63, 3.8) is 0 Å². The molecule has 2 fully saturated rings. The molecule has 0 bridgehead atoms. The fraction of sp³-hybridized carbons (Fsp3) is 0.650. The van der Waals surface area contributed by atoms with Crippen LogP contribution in [0.15, 0.2) is 12.1 Å². The number of hydrogen-bond donors (Lipinski definition) is 0. The summed E-state index contributed by atoms with van der Waals surface area (Å²) in [4.78, 5) is 12.6. The maximum Gasteiger partial charge on any atom is 0.313 e. The molecule has 2 unspecified atom stereocenters. The largest absolute Gasteiger partial charge is 0.492 e. The van der Waals surface area contributed by atoms with Crippen LogP contribution in [0.2, 0.25) is 0 Å². The molecule has 0 saturated heterocycles. The number of carbonyl (C=O) groups excluding carboxylic acids is 1. The molecule has 2 aliphatic carbocycles. The van der Waals surface area contributed by atoms with E-state index in [2.05, 4.69) is 36.4 Å². The second kappa shape index (κ2) is 8.23. The summed E-state index contributed by atoms with van der Waals surface area (Å²) in [6, 6.07) is 3.20. The van der Waals surface area contributed by atoms with Crippen molar-refractivity contribution in [3.05, 3.63) is 27.1 Å². The maximum absolute atomic E-state index is 14.7. The molecule has 0 radical (unpaired) electrons. The van der Waals surface area contributed by atoms with Crippen LogP contribution >= 0.6 is 22.6 Å². The van der Waals surface area contributed by atoms with E-state index < -0.39 is 5.92 Å². The van der Waals surface area contributed by atoms with Crippen molar-refractivity contribution in [2.45, 2.75) is 64.4 Å². The van der Waals surface area contributed by atoms with Crippen LogP contribution in [0.25, 0.3) is 0 Å². The van der Waals surface area contributed by atoms with Gasteiger partial charge < -0.3 is 9.47 Å². The Balaban J connectivity index is 1.83. The molecule has 1 aromatic rings. The topological polar surface area (TPSA) is 35.5 Å². The molecular formula is C20H26FIO3. The number of halogens is 2. The Hall–Kier alpha value is -0.850. The fourth-order valence-electron chi connectivity index (χ4n) is 2.77. The molecule has 2 saturated carbocycles. The van der Waals surface area contributed by atoms with E-state index in [1.165, 1.54) is 18.9 Å². The zero-order chi connectivity index (χ0) is 18.0. The molecule has 0 aliphatic heterocycles. The Labute approximate surface area is 162 Å². The third-order valence-corrected chi connectivity index (χ3v) is 5.87. The van der Waals surface area contributed by atoms with Crippen molar-refractivity contribution < 1.29 is 18.7 Å². The molecule has 1 aromatic carbocycles. The van der Waals surface area contributed by atoms with Gasteiger partial charge in [-0.25, -0.2) is 4.39 Å². The number of ether oxygens (including phenoxy) is 2. The van der Waals surface area contributed by atoms with Gasteiger partial charge in [0, 0.05) is 5.56 Å². The first-order valence-electron chi connectivity index (χ1n) is 9.30. The lowest BCUT2D eigenvalue weighted by atomic mass is 9.88. The lowest BCUT2D eigenvalue weighted by molar-refractivity contribution is -0.147. The average molecular weight is 460 g/mol. The molecule has 5 heteroatoms. The van der Waals surface area contributed by atoms with Gasteiger partial charge >= 0.3 is 5.97 Å².